The van der Waals surface area contributed by atoms with Gasteiger partial charge >= 0.3 is 12.6 Å². The third kappa shape index (κ3) is 6.00. The smallest absolute Gasteiger partial charge is 0.323 e. The number of alkyl halides is 2. The van der Waals surface area contributed by atoms with Gasteiger partial charge in [-0.2, -0.15) is 9.97 Å². The van der Waals surface area contributed by atoms with Gasteiger partial charge in [0.2, 0.25) is 5.95 Å². The summed E-state index contributed by atoms with van der Waals surface area (Å²) in [5.74, 6) is -0.239. The molecule has 3 aromatic rings. The van der Waals surface area contributed by atoms with Gasteiger partial charge in [0.15, 0.2) is 29.4 Å². The molecule has 0 aliphatic carbocycles. The van der Waals surface area contributed by atoms with E-state index in [-0.39, 0.29) is 17.5 Å². The molecule has 1 fully saturated rings. The molecular weight excluding hydrogens is 588 g/mol. The van der Waals surface area contributed by atoms with Crippen molar-refractivity contribution in [2.45, 2.75) is 37.1 Å². The highest BCUT2D eigenvalue weighted by atomic mass is 35.5. The first-order valence-corrected chi connectivity index (χ1v) is 15.2. The summed E-state index contributed by atoms with van der Waals surface area (Å²) in [7, 11) is 4.73. The van der Waals surface area contributed by atoms with E-state index >= 15 is 4.39 Å². The molecule has 0 radical (unpaired) electrons. The van der Waals surface area contributed by atoms with Crippen LogP contribution in [0.4, 0.5) is 16.2 Å². The van der Waals surface area contributed by atoms with Crippen LogP contribution < -0.4 is 20.2 Å². The average molecular weight is 618 g/mol. The van der Waals surface area contributed by atoms with Crippen molar-refractivity contribution in [2.24, 2.45) is 0 Å². The molecular formula is C23H30ClFN7O6PS. The summed E-state index contributed by atoms with van der Waals surface area (Å²) >= 11 is 11.9. The number of anilines is 2. The Morgan fingerprint density at radius 2 is 2.10 bits per heavy atom. The molecule has 3 heterocycles. The summed E-state index contributed by atoms with van der Waals surface area (Å²) in [6.07, 6.45) is -3.77. The van der Waals surface area contributed by atoms with E-state index in [9.17, 15) is 9.90 Å². The number of rotatable bonds is 11. The fourth-order valence-electron chi connectivity index (χ4n) is 4.09. The maximum absolute atomic E-state index is 15.7. The highest BCUT2D eigenvalue weighted by Gasteiger charge is 2.57. The van der Waals surface area contributed by atoms with Crippen LogP contribution >= 0.6 is 18.2 Å². The van der Waals surface area contributed by atoms with Crippen molar-refractivity contribution < 1.29 is 32.8 Å². The molecule has 6 atom stereocenters. The molecule has 13 nitrogen and oxygen atoms in total. The Labute approximate surface area is 239 Å². The predicted octanol–water partition coefficient (Wildman–Crippen LogP) is 2.15. The van der Waals surface area contributed by atoms with Crippen LogP contribution in [0.25, 0.3) is 11.2 Å². The number of nitrogens with zero attached hydrogens (tertiary/aromatic N) is 5. The first kappa shape index (κ1) is 30.3. The number of carbonyl (C=O) groups is 1. The van der Waals surface area contributed by atoms with Gasteiger partial charge in [-0.25, -0.2) is 14.5 Å². The molecule has 4 N–H and O–H groups in total. The van der Waals surface area contributed by atoms with Crippen LogP contribution in [0.15, 0.2) is 36.7 Å². The normalized spacial score (nSPS) is 24.9. The van der Waals surface area contributed by atoms with E-state index in [1.54, 1.807) is 49.3 Å². The van der Waals surface area contributed by atoms with Gasteiger partial charge in [0.05, 0.1) is 25.9 Å². The number of halogens is 2. The minimum Gasteiger partial charge on any atom is -0.468 e. The van der Waals surface area contributed by atoms with Crippen molar-refractivity contribution in [1.82, 2.24) is 24.6 Å². The van der Waals surface area contributed by atoms with Gasteiger partial charge < -0.3 is 34.3 Å². The number of para-hydroxylation sites is 1. The number of nitrogens with one attached hydrogen (secondary N) is 1. The van der Waals surface area contributed by atoms with Gasteiger partial charge in [0.1, 0.15) is 23.5 Å². The van der Waals surface area contributed by atoms with E-state index in [1.165, 1.54) is 24.9 Å². The maximum atomic E-state index is 15.7. The number of carbonyl (C=O) groups excluding carboxylic acids is 1. The number of ether oxygens (including phenoxy) is 2. The highest BCUT2D eigenvalue weighted by Crippen LogP contribution is 2.49. The maximum Gasteiger partial charge on any atom is 0.323 e. The van der Waals surface area contributed by atoms with Crippen LogP contribution in [-0.2, 0) is 30.6 Å². The molecule has 1 saturated heterocycles. The number of benzene rings is 1. The van der Waals surface area contributed by atoms with Crippen molar-refractivity contribution in [2.75, 3.05) is 44.3 Å². The lowest BCUT2D eigenvalue weighted by atomic mass is 9.99. The number of aliphatic hydroxyl groups excluding tert-OH is 1. The first-order valence-electron chi connectivity index (χ1n) is 12.0. The number of aliphatic hydroxyl groups is 1. The van der Waals surface area contributed by atoms with Crippen molar-refractivity contribution >= 4 is 58.9 Å². The van der Waals surface area contributed by atoms with Crippen LogP contribution in [0.2, 0.25) is 0 Å². The van der Waals surface area contributed by atoms with Gasteiger partial charge in [-0.05, 0) is 30.9 Å². The summed E-state index contributed by atoms with van der Waals surface area (Å²) in [4.78, 5) is 26.5. The monoisotopic (exact) mass is 617 g/mol. The zero-order valence-corrected chi connectivity index (χ0v) is 24.6. The Balaban J connectivity index is 1.63. The minimum absolute atomic E-state index is 0.0524. The molecule has 4 rings (SSSR count). The first-order chi connectivity index (χ1) is 18.9. The van der Waals surface area contributed by atoms with E-state index in [1.807, 2.05) is 0 Å². The summed E-state index contributed by atoms with van der Waals surface area (Å²) in [6, 6.07) is 7.65. The fraction of sp³-hybridized carbons (Fsp3) is 0.478. The summed E-state index contributed by atoms with van der Waals surface area (Å²) in [5, 5.41) is 13.9. The summed E-state index contributed by atoms with van der Waals surface area (Å²) < 4.78 is 39.8. The number of esters is 1. The number of methoxy groups -OCH3 is 1. The SMILES string of the molecule is COC(=O)[C@H](C)NP(=S)(OC[C@@]1(CCl)O[C@@H](n2cnc3c(N(C)C)nc(N)nc32)[C@@H](F)[C@@H]1O)Oc1ccccc1. The third-order valence-electron chi connectivity index (χ3n) is 6.17. The number of aromatic nitrogens is 4. The van der Waals surface area contributed by atoms with Gasteiger partial charge in [-0.15, -0.1) is 11.6 Å². The van der Waals surface area contributed by atoms with Crippen LogP contribution in [0.3, 0.4) is 0 Å². The standard InChI is InChI=1S/C23H30ClFN7O6PS/c1-13(21(34)35-4)30-39(40,38-14-8-6-5-7-9-14)36-11-23(10-24)17(33)15(25)20(37-23)32-12-27-16-18(31(2)3)28-22(26)29-19(16)32/h5-9,12-13,15,17,20,33H,10-11H2,1-4H3,(H,30,40)(H2,26,28,29)/t13-,15-,17-,20+,23+,39?/m0/s1. The van der Waals surface area contributed by atoms with E-state index in [0.29, 0.717) is 17.1 Å². The van der Waals surface area contributed by atoms with Crippen molar-refractivity contribution in [3.05, 3.63) is 36.7 Å². The van der Waals surface area contributed by atoms with Crippen molar-refractivity contribution in [3.8, 4) is 5.75 Å². The second-order valence-corrected chi connectivity index (χ2v) is 12.7. The molecule has 1 aliphatic heterocycles. The van der Waals surface area contributed by atoms with Crippen molar-refractivity contribution in [1.29, 1.82) is 0 Å². The zero-order valence-electron chi connectivity index (χ0n) is 22.1. The van der Waals surface area contributed by atoms with Crippen LogP contribution in [0.5, 0.6) is 5.75 Å². The molecule has 2 aromatic heterocycles. The van der Waals surface area contributed by atoms with E-state index < -0.39 is 49.4 Å². The molecule has 40 heavy (non-hydrogen) atoms. The summed E-state index contributed by atoms with van der Waals surface area (Å²) in [5.41, 5.74) is 4.69. The lowest BCUT2D eigenvalue weighted by molar-refractivity contribution is -0.142. The van der Waals surface area contributed by atoms with E-state index in [0.717, 1.165) is 0 Å². The molecule has 0 saturated carbocycles. The second kappa shape index (κ2) is 12.1. The number of nitrogens with two attached hydrogens (primary N) is 1. The molecule has 1 aromatic carbocycles. The number of nitrogen functional groups attached to an aromatic ring is 1. The van der Waals surface area contributed by atoms with Crippen LogP contribution in [-0.4, -0.2) is 88.2 Å². The average Bonchev–Trinajstić information content (AvgIpc) is 3.45. The highest BCUT2D eigenvalue weighted by molar-refractivity contribution is 8.09. The molecule has 0 spiro atoms. The largest absolute Gasteiger partial charge is 0.468 e. The molecule has 0 amide bonds. The Morgan fingerprint density at radius 1 is 1.40 bits per heavy atom. The number of fused-ring (bicyclic) bond motifs is 1. The topological polar surface area (TPSA) is 159 Å². The molecule has 17 heteroatoms. The predicted molar refractivity (Wildman–Crippen MR) is 150 cm³/mol. The molecule has 1 aliphatic rings. The second-order valence-electron chi connectivity index (χ2n) is 9.27. The summed E-state index contributed by atoms with van der Waals surface area (Å²) in [6.45, 7) is -2.47. The van der Waals surface area contributed by atoms with Crippen LogP contribution in [0.1, 0.15) is 13.2 Å². The lowest BCUT2D eigenvalue weighted by Crippen LogP contribution is -2.48. The van der Waals surface area contributed by atoms with Gasteiger partial charge in [0.25, 0.3) is 0 Å². The minimum atomic E-state index is -3.51. The van der Waals surface area contributed by atoms with Gasteiger partial charge in [0, 0.05) is 14.1 Å². The number of imidazole rings is 1. The van der Waals surface area contributed by atoms with Crippen LogP contribution in [0, 0.1) is 0 Å². The Bertz CT molecular complexity index is 1400. The Hall–Kier alpha value is -2.65. The zero-order chi connectivity index (χ0) is 29.2. The molecule has 218 valence electrons. The Kier molecular flexibility index (Phi) is 9.15. The molecule has 0 bridgehead atoms. The lowest BCUT2D eigenvalue weighted by Gasteiger charge is -2.33. The van der Waals surface area contributed by atoms with Crippen molar-refractivity contribution in [3.63, 3.8) is 0 Å². The molecule has 1 unspecified atom stereocenters. The Morgan fingerprint density at radius 3 is 2.73 bits per heavy atom. The third-order valence-corrected chi connectivity index (χ3v) is 9.10. The van der Waals surface area contributed by atoms with E-state index in [2.05, 4.69) is 20.0 Å². The quantitative estimate of drug-likeness (QED) is 0.163. The number of hydrogen-bond donors (Lipinski definition) is 3. The fourth-order valence-corrected chi connectivity index (χ4v) is 6.82. The van der Waals surface area contributed by atoms with Gasteiger partial charge in [-0.3, -0.25) is 9.36 Å². The van der Waals surface area contributed by atoms with Gasteiger partial charge in [-0.1, -0.05) is 18.2 Å². The van der Waals surface area contributed by atoms with E-state index in [4.69, 9.17) is 47.7 Å². The number of hydrogen-bond acceptors (Lipinski definition) is 12.